The number of hydrogen-bond acceptors (Lipinski definition) is 3. The third-order valence-electron chi connectivity index (χ3n) is 4.14. The molecule has 29 heavy (non-hydrogen) atoms. The number of halogens is 1. The zero-order valence-corrected chi connectivity index (χ0v) is 15.7. The molecule has 1 N–H and O–H groups in total. The quantitative estimate of drug-likeness (QED) is 0.480. The summed E-state index contributed by atoms with van der Waals surface area (Å²) in [6.07, 6.45) is 1.20. The third kappa shape index (κ3) is 5.59. The maximum atomic E-state index is 13.5. The average Bonchev–Trinajstić information content (AvgIpc) is 2.75. The number of benzene rings is 3. The molecule has 6 heteroatoms. The molecule has 0 atom stereocenters. The summed E-state index contributed by atoms with van der Waals surface area (Å²) in [5, 5.41) is 3.75. The fourth-order valence-electron chi connectivity index (χ4n) is 2.73. The Morgan fingerprint density at radius 1 is 0.828 bits per heavy atom. The first kappa shape index (κ1) is 19.9. The van der Waals surface area contributed by atoms with Crippen LogP contribution in [-0.2, 0) is 9.59 Å². The van der Waals surface area contributed by atoms with Crippen LogP contribution >= 0.6 is 0 Å². The molecule has 0 saturated heterocycles. The number of nitrogens with zero attached hydrogens (tertiary/aromatic N) is 2. The van der Waals surface area contributed by atoms with Gasteiger partial charge in [-0.3, -0.25) is 14.5 Å². The highest BCUT2D eigenvalue weighted by atomic mass is 19.1. The predicted octanol–water partition coefficient (Wildman–Crippen LogP) is 4.42. The summed E-state index contributed by atoms with van der Waals surface area (Å²) in [6, 6.07) is 24.6. The van der Waals surface area contributed by atoms with E-state index in [9.17, 15) is 14.0 Å². The number of rotatable bonds is 7. The van der Waals surface area contributed by atoms with Crippen molar-refractivity contribution in [3.63, 3.8) is 0 Å². The Bertz CT molecular complexity index is 952. The van der Waals surface area contributed by atoms with Crippen molar-refractivity contribution in [3.05, 3.63) is 96.3 Å². The number of nitrogens with one attached hydrogen (secondary N) is 1. The van der Waals surface area contributed by atoms with Gasteiger partial charge in [0, 0.05) is 29.8 Å². The van der Waals surface area contributed by atoms with Gasteiger partial charge in [0.2, 0.25) is 11.8 Å². The van der Waals surface area contributed by atoms with Crippen LogP contribution < -0.4 is 10.3 Å². The lowest BCUT2D eigenvalue weighted by Crippen LogP contribution is -2.27. The molecule has 146 valence electrons. The van der Waals surface area contributed by atoms with Crippen LogP contribution in [-0.4, -0.2) is 18.0 Å². The fourth-order valence-corrected chi connectivity index (χ4v) is 2.73. The molecule has 0 radical (unpaired) electrons. The molecule has 0 aliphatic carbocycles. The molecule has 0 aliphatic rings. The van der Waals surface area contributed by atoms with Crippen molar-refractivity contribution >= 4 is 29.4 Å². The van der Waals surface area contributed by atoms with E-state index in [1.807, 2.05) is 60.7 Å². The van der Waals surface area contributed by atoms with Crippen molar-refractivity contribution in [2.24, 2.45) is 5.10 Å². The van der Waals surface area contributed by atoms with Crippen molar-refractivity contribution in [2.75, 3.05) is 4.90 Å². The molecular formula is C23H20FN3O2. The fraction of sp³-hybridized carbons (Fsp3) is 0.0870. The number of anilines is 2. The molecule has 5 nitrogen and oxygen atoms in total. The summed E-state index contributed by atoms with van der Waals surface area (Å²) in [6.45, 7) is 0. The van der Waals surface area contributed by atoms with Crippen LogP contribution in [0.2, 0.25) is 0 Å². The summed E-state index contributed by atoms with van der Waals surface area (Å²) in [4.78, 5) is 26.5. The number of hydrogen-bond donors (Lipinski definition) is 1. The molecule has 0 bridgehead atoms. The van der Waals surface area contributed by atoms with Crippen molar-refractivity contribution < 1.29 is 14.0 Å². The first-order valence-electron chi connectivity index (χ1n) is 9.14. The largest absolute Gasteiger partial charge is 0.281 e. The van der Waals surface area contributed by atoms with Crippen molar-refractivity contribution in [3.8, 4) is 0 Å². The molecule has 3 aromatic carbocycles. The summed E-state index contributed by atoms with van der Waals surface area (Å²) < 4.78 is 13.5. The minimum Gasteiger partial charge on any atom is -0.281 e. The molecule has 0 unspecified atom stereocenters. The van der Waals surface area contributed by atoms with E-state index in [2.05, 4.69) is 10.5 Å². The second kappa shape index (κ2) is 9.94. The topological polar surface area (TPSA) is 61.8 Å². The highest BCUT2D eigenvalue weighted by Crippen LogP contribution is 2.26. The van der Waals surface area contributed by atoms with Gasteiger partial charge < -0.3 is 0 Å². The number of para-hydroxylation sites is 2. The summed E-state index contributed by atoms with van der Waals surface area (Å²) >= 11 is 0. The molecule has 3 aromatic rings. The Morgan fingerprint density at radius 2 is 1.38 bits per heavy atom. The minimum absolute atomic E-state index is 0.00480. The van der Waals surface area contributed by atoms with Gasteiger partial charge in [0.15, 0.2) is 0 Å². The second-order valence-corrected chi connectivity index (χ2v) is 6.21. The van der Waals surface area contributed by atoms with E-state index in [4.69, 9.17) is 0 Å². The normalized spacial score (nSPS) is 10.7. The highest BCUT2D eigenvalue weighted by Gasteiger charge is 2.18. The Labute approximate surface area is 168 Å². The Kier molecular flexibility index (Phi) is 6.84. The lowest BCUT2D eigenvalue weighted by Gasteiger charge is -2.23. The van der Waals surface area contributed by atoms with Gasteiger partial charge in [-0.2, -0.15) is 5.10 Å². The SMILES string of the molecule is O=C(CCC(=O)N(c1ccccc1)c1ccccc1)N/N=C/c1ccccc1F. The number of carbonyl (C=O) groups excluding carboxylic acids is 2. The molecule has 0 aromatic heterocycles. The lowest BCUT2D eigenvalue weighted by molar-refractivity contribution is -0.124. The summed E-state index contributed by atoms with van der Waals surface area (Å²) in [7, 11) is 0. The highest BCUT2D eigenvalue weighted by molar-refractivity contribution is 6.01. The van der Waals surface area contributed by atoms with Crippen molar-refractivity contribution in [1.82, 2.24) is 5.43 Å². The van der Waals surface area contributed by atoms with Crippen LogP contribution in [0.3, 0.4) is 0 Å². The molecular weight excluding hydrogens is 369 g/mol. The van der Waals surface area contributed by atoms with E-state index in [0.29, 0.717) is 0 Å². The van der Waals surface area contributed by atoms with E-state index >= 15 is 0 Å². The van der Waals surface area contributed by atoms with Gasteiger partial charge in [-0.25, -0.2) is 9.82 Å². The second-order valence-electron chi connectivity index (χ2n) is 6.21. The summed E-state index contributed by atoms with van der Waals surface area (Å²) in [5.74, 6) is -1.07. The number of amides is 2. The molecule has 0 aliphatic heterocycles. The standard InChI is InChI=1S/C23H20FN3O2/c24-21-14-8-7-9-18(21)17-25-26-22(28)15-16-23(29)27(19-10-3-1-4-11-19)20-12-5-2-6-13-20/h1-14,17H,15-16H2,(H,26,28)/b25-17+. The van der Waals surface area contributed by atoms with Crippen molar-refractivity contribution in [1.29, 1.82) is 0 Å². The molecule has 0 heterocycles. The average molecular weight is 389 g/mol. The van der Waals surface area contributed by atoms with Crippen LogP contribution in [0.4, 0.5) is 15.8 Å². The van der Waals surface area contributed by atoms with E-state index in [1.165, 1.54) is 12.3 Å². The minimum atomic E-state index is -0.429. The summed E-state index contributed by atoms with van der Waals surface area (Å²) in [5.41, 5.74) is 4.04. The van der Waals surface area contributed by atoms with Gasteiger partial charge >= 0.3 is 0 Å². The van der Waals surface area contributed by atoms with Crippen LogP contribution in [0.15, 0.2) is 90.0 Å². The van der Waals surface area contributed by atoms with Crippen LogP contribution in [0, 0.1) is 5.82 Å². The first-order valence-corrected chi connectivity index (χ1v) is 9.14. The van der Waals surface area contributed by atoms with Gasteiger partial charge in [0.25, 0.3) is 0 Å². The third-order valence-corrected chi connectivity index (χ3v) is 4.14. The van der Waals surface area contributed by atoms with E-state index < -0.39 is 11.7 Å². The molecule has 2 amide bonds. The van der Waals surface area contributed by atoms with Gasteiger partial charge in [0.05, 0.1) is 6.21 Å². The van der Waals surface area contributed by atoms with E-state index in [0.717, 1.165) is 11.4 Å². The molecule has 0 saturated carbocycles. The molecule has 0 fully saturated rings. The van der Waals surface area contributed by atoms with E-state index in [1.54, 1.807) is 23.1 Å². The zero-order chi connectivity index (χ0) is 20.5. The Balaban J connectivity index is 1.61. The van der Waals surface area contributed by atoms with Gasteiger partial charge in [-0.05, 0) is 30.3 Å². The number of carbonyl (C=O) groups is 2. The Hall–Kier alpha value is -3.80. The maximum absolute atomic E-state index is 13.5. The van der Waals surface area contributed by atoms with Crippen LogP contribution in [0.25, 0.3) is 0 Å². The monoisotopic (exact) mass is 389 g/mol. The van der Waals surface area contributed by atoms with E-state index in [-0.39, 0.29) is 24.3 Å². The van der Waals surface area contributed by atoms with Crippen LogP contribution in [0.5, 0.6) is 0 Å². The smallest absolute Gasteiger partial charge is 0.240 e. The van der Waals surface area contributed by atoms with Gasteiger partial charge in [0.1, 0.15) is 5.82 Å². The maximum Gasteiger partial charge on any atom is 0.240 e. The molecule has 0 spiro atoms. The van der Waals surface area contributed by atoms with Gasteiger partial charge in [-0.15, -0.1) is 0 Å². The lowest BCUT2D eigenvalue weighted by atomic mass is 10.2. The van der Waals surface area contributed by atoms with Crippen LogP contribution in [0.1, 0.15) is 18.4 Å². The molecule has 3 rings (SSSR count). The number of hydrazone groups is 1. The predicted molar refractivity (Wildman–Crippen MR) is 111 cm³/mol. The Morgan fingerprint density at radius 3 is 1.97 bits per heavy atom. The van der Waals surface area contributed by atoms with Gasteiger partial charge in [-0.1, -0.05) is 54.6 Å². The zero-order valence-electron chi connectivity index (χ0n) is 15.7. The first-order chi connectivity index (χ1) is 14.1. The van der Waals surface area contributed by atoms with Crippen molar-refractivity contribution in [2.45, 2.75) is 12.8 Å².